The molecule has 0 rings (SSSR count). The molecule has 0 saturated heterocycles. The van der Waals surface area contributed by atoms with E-state index in [1.165, 1.54) is 0 Å². The van der Waals surface area contributed by atoms with E-state index in [9.17, 15) is 17.6 Å². The standard InChI is InChI=1S/C8H13BrF4O/c1-2-3-4-6(14)5-7(10,11)8(9,12)13/h6,14H,2-5H2,1H3. The van der Waals surface area contributed by atoms with Crippen molar-refractivity contribution in [2.24, 2.45) is 0 Å². The van der Waals surface area contributed by atoms with Crippen molar-refractivity contribution in [3.05, 3.63) is 0 Å². The lowest BCUT2D eigenvalue weighted by atomic mass is 10.1. The van der Waals surface area contributed by atoms with Gasteiger partial charge in [0.1, 0.15) is 0 Å². The molecule has 0 aromatic rings. The Kier molecular flexibility index (Phi) is 5.36. The molecule has 0 spiro atoms. The molecule has 0 aromatic heterocycles. The SMILES string of the molecule is CCCCC(O)CC(F)(F)C(F)(F)Br. The number of aliphatic hydroxyl groups is 1. The van der Waals surface area contributed by atoms with Crippen LogP contribution in [0.3, 0.4) is 0 Å². The van der Waals surface area contributed by atoms with Gasteiger partial charge in [-0.1, -0.05) is 19.8 Å². The van der Waals surface area contributed by atoms with Crippen LogP contribution in [0.25, 0.3) is 0 Å². The van der Waals surface area contributed by atoms with Crippen LogP contribution in [0, 0.1) is 0 Å². The zero-order chi connectivity index (χ0) is 11.4. The summed E-state index contributed by atoms with van der Waals surface area (Å²) in [5, 5.41) is 9.05. The van der Waals surface area contributed by atoms with E-state index in [4.69, 9.17) is 5.11 Å². The molecule has 0 saturated carbocycles. The van der Waals surface area contributed by atoms with Crippen molar-refractivity contribution in [3.8, 4) is 0 Å². The van der Waals surface area contributed by atoms with Gasteiger partial charge in [0.25, 0.3) is 0 Å². The molecule has 0 bridgehead atoms. The van der Waals surface area contributed by atoms with E-state index >= 15 is 0 Å². The van der Waals surface area contributed by atoms with Crippen molar-refractivity contribution in [1.29, 1.82) is 0 Å². The topological polar surface area (TPSA) is 20.2 Å². The fourth-order valence-electron chi connectivity index (χ4n) is 0.953. The molecule has 0 radical (unpaired) electrons. The van der Waals surface area contributed by atoms with Gasteiger partial charge in [0, 0.05) is 6.42 Å². The summed E-state index contributed by atoms with van der Waals surface area (Å²) in [6.45, 7) is 1.82. The number of halogens is 5. The second-order valence-corrected chi connectivity index (χ2v) is 4.20. The Balaban J connectivity index is 4.08. The van der Waals surface area contributed by atoms with Crippen molar-refractivity contribution in [1.82, 2.24) is 0 Å². The second kappa shape index (κ2) is 5.30. The minimum absolute atomic E-state index is 0.120. The van der Waals surface area contributed by atoms with E-state index in [-0.39, 0.29) is 6.42 Å². The summed E-state index contributed by atoms with van der Waals surface area (Å²) in [5.74, 6) is -4.21. The van der Waals surface area contributed by atoms with E-state index in [1.807, 2.05) is 6.92 Å². The summed E-state index contributed by atoms with van der Waals surface area (Å²) >= 11 is 1.60. The highest BCUT2D eigenvalue weighted by atomic mass is 79.9. The lowest BCUT2D eigenvalue weighted by Gasteiger charge is -2.23. The van der Waals surface area contributed by atoms with Gasteiger partial charge in [-0.15, -0.1) is 0 Å². The Labute approximate surface area is 88.6 Å². The van der Waals surface area contributed by atoms with E-state index < -0.39 is 23.3 Å². The number of aliphatic hydroxyl groups excluding tert-OH is 1. The average Bonchev–Trinajstić information content (AvgIpc) is 1.97. The molecule has 0 aromatic carbocycles. The fraction of sp³-hybridized carbons (Fsp3) is 1.00. The lowest BCUT2D eigenvalue weighted by Crippen LogP contribution is -2.38. The molecule has 0 heterocycles. The van der Waals surface area contributed by atoms with Crippen LogP contribution in [-0.4, -0.2) is 22.0 Å². The number of rotatable bonds is 6. The van der Waals surface area contributed by atoms with Gasteiger partial charge >= 0.3 is 10.8 Å². The molecule has 0 aliphatic rings. The third-order valence-corrected chi connectivity index (χ3v) is 2.38. The quantitative estimate of drug-likeness (QED) is 0.583. The summed E-state index contributed by atoms with van der Waals surface area (Å²) in [6, 6.07) is 0. The van der Waals surface area contributed by atoms with Crippen LogP contribution in [0.15, 0.2) is 0 Å². The normalized spacial score (nSPS) is 15.6. The summed E-state index contributed by atoms with van der Waals surface area (Å²) in [4.78, 5) is -4.26. The third kappa shape index (κ3) is 4.59. The van der Waals surface area contributed by atoms with Crippen LogP contribution in [0.5, 0.6) is 0 Å². The maximum Gasteiger partial charge on any atom is 0.363 e. The summed E-state index contributed by atoms with van der Waals surface area (Å²) in [6.07, 6.45) is -1.20. The van der Waals surface area contributed by atoms with Crippen LogP contribution in [0.2, 0.25) is 0 Å². The zero-order valence-corrected chi connectivity index (χ0v) is 9.33. The van der Waals surface area contributed by atoms with E-state index in [1.54, 1.807) is 15.9 Å². The second-order valence-electron chi connectivity index (χ2n) is 3.20. The van der Waals surface area contributed by atoms with Crippen LogP contribution in [-0.2, 0) is 0 Å². The van der Waals surface area contributed by atoms with Crippen LogP contribution < -0.4 is 0 Å². The molecule has 0 fully saturated rings. The summed E-state index contributed by atoms with van der Waals surface area (Å²) in [7, 11) is 0. The predicted octanol–water partition coefficient (Wildman–Crippen LogP) is 3.55. The van der Waals surface area contributed by atoms with E-state index in [0.717, 1.165) is 6.42 Å². The van der Waals surface area contributed by atoms with Crippen LogP contribution in [0.1, 0.15) is 32.6 Å². The van der Waals surface area contributed by atoms with Crippen molar-refractivity contribution in [2.45, 2.75) is 49.5 Å². The first-order valence-corrected chi connectivity index (χ1v) is 5.12. The molecule has 1 atom stereocenters. The first-order valence-electron chi connectivity index (χ1n) is 4.33. The molecular weight excluding hydrogens is 268 g/mol. The minimum atomic E-state index is -4.26. The van der Waals surface area contributed by atoms with Gasteiger partial charge < -0.3 is 5.11 Å². The van der Waals surface area contributed by atoms with Crippen molar-refractivity contribution < 1.29 is 22.7 Å². The van der Waals surface area contributed by atoms with Gasteiger partial charge in [-0.05, 0) is 22.4 Å². The molecule has 0 aliphatic carbocycles. The Morgan fingerprint density at radius 1 is 1.29 bits per heavy atom. The number of hydrogen-bond acceptors (Lipinski definition) is 1. The Morgan fingerprint density at radius 3 is 2.14 bits per heavy atom. The van der Waals surface area contributed by atoms with E-state index in [2.05, 4.69) is 0 Å². The predicted molar refractivity (Wildman–Crippen MR) is 49.0 cm³/mol. The third-order valence-electron chi connectivity index (χ3n) is 1.80. The molecule has 6 heteroatoms. The lowest BCUT2D eigenvalue weighted by molar-refractivity contribution is -0.165. The van der Waals surface area contributed by atoms with Crippen molar-refractivity contribution in [3.63, 3.8) is 0 Å². The number of unbranched alkanes of at least 4 members (excludes halogenated alkanes) is 1. The van der Waals surface area contributed by atoms with Gasteiger partial charge in [-0.25, -0.2) is 0 Å². The van der Waals surface area contributed by atoms with E-state index in [0.29, 0.717) is 6.42 Å². The highest BCUT2D eigenvalue weighted by Crippen LogP contribution is 2.42. The van der Waals surface area contributed by atoms with Gasteiger partial charge in [0.2, 0.25) is 0 Å². The molecule has 1 nitrogen and oxygen atoms in total. The maximum atomic E-state index is 12.7. The fourth-order valence-corrected chi connectivity index (χ4v) is 1.12. The van der Waals surface area contributed by atoms with Gasteiger partial charge in [0.15, 0.2) is 0 Å². The molecule has 0 aliphatic heterocycles. The van der Waals surface area contributed by atoms with Gasteiger partial charge in [-0.2, -0.15) is 17.6 Å². The molecule has 86 valence electrons. The number of hydrogen-bond donors (Lipinski definition) is 1. The summed E-state index contributed by atoms with van der Waals surface area (Å²) < 4.78 is 49.8. The summed E-state index contributed by atoms with van der Waals surface area (Å²) in [5.41, 5.74) is 0. The van der Waals surface area contributed by atoms with Crippen LogP contribution in [0.4, 0.5) is 17.6 Å². The minimum Gasteiger partial charge on any atom is -0.393 e. The largest absolute Gasteiger partial charge is 0.393 e. The van der Waals surface area contributed by atoms with Crippen molar-refractivity contribution >= 4 is 15.9 Å². The van der Waals surface area contributed by atoms with Gasteiger partial charge in [0.05, 0.1) is 6.10 Å². The molecule has 1 unspecified atom stereocenters. The first kappa shape index (κ1) is 14.2. The molecule has 0 amide bonds. The highest BCUT2D eigenvalue weighted by Gasteiger charge is 2.54. The van der Waals surface area contributed by atoms with Gasteiger partial charge in [-0.3, -0.25) is 0 Å². The number of alkyl halides is 5. The zero-order valence-electron chi connectivity index (χ0n) is 7.74. The average molecular weight is 281 g/mol. The molecular formula is C8H13BrF4O. The Hall–Kier alpha value is 0.160. The molecule has 1 N–H and O–H groups in total. The highest BCUT2D eigenvalue weighted by molar-refractivity contribution is 9.10. The molecule has 14 heavy (non-hydrogen) atoms. The smallest absolute Gasteiger partial charge is 0.363 e. The monoisotopic (exact) mass is 280 g/mol. The van der Waals surface area contributed by atoms with Crippen LogP contribution >= 0.6 is 15.9 Å². The Morgan fingerprint density at radius 2 is 1.79 bits per heavy atom. The Bertz CT molecular complexity index is 169. The maximum absolute atomic E-state index is 12.7. The van der Waals surface area contributed by atoms with Crippen molar-refractivity contribution in [2.75, 3.05) is 0 Å². The first-order chi connectivity index (χ1) is 6.20.